The summed E-state index contributed by atoms with van der Waals surface area (Å²) in [6.07, 6.45) is 2.91. The molecule has 0 fully saturated rings. The lowest BCUT2D eigenvalue weighted by molar-refractivity contribution is 0.100. The number of anilines is 1. The fourth-order valence-corrected chi connectivity index (χ4v) is 1.43. The van der Waals surface area contributed by atoms with Crippen molar-refractivity contribution in [1.82, 2.24) is 0 Å². The minimum Gasteiger partial charge on any atom is -0.490 e. The van der Waals surface area contributed by atoms with Crippen molar-refractivity contribution in [2.45, 2.75) is 26.2 Å². The van der Waals surface area contributed by atoms with Crippen LogP contribution in [0.3, 0.4) is 0 Å². The smallest absolute Gasteiger partial charge is 0.250 e. The van der Waals surface area contributed by atoms with Crippen LogP contribution in [-0.2, 0) is 0 Å². The molecule has 0 aliphatic carbocycles. The van der Waals surface area contributed by atoms with Gasteiger partial charge in [-0.3, -0.25) is 4.79 Å². The summed E-state index contributed by atoms with van der Waals surface area (Å²) >= 11 is 0. The first-order valence-corrected chi connectivity index (χ1v) is 5.58. The molecule has 0 aromatic heterocycles. The third-order valence-corrected chi connectivity index (χ3v) is 2.37. The van der Waals surface area contributed by atoms with E-state index in [0.717, 1.165) is 25.3 Å². The molecule has 4 N–H and O–H groups in total. The summed E-state index contributed by atoms with van der Waals surface area (Å²) < 4.78 is 18.7. The number of hydrogen-bond acceptors (Lipinski definition) is 3. The molecular weight excluding hydrogens is 223 g/mol. The summed E-state index contributed by atoms with van der Waals surface area (Å²) in [6, 6.07) is 2.30. The minimum absolute atomic E-state index is 0.0177. The molecule has 0 bridgehead atoms. The molecule has 0 aliphatic heterocycles. The van der Waals surface area contributed by atoms with Crippen molar-refractivity contribution in [2.75, 3.05) is 12.3 Å². The van der Waals surface area contributed by atoms with Gasteiger partial charge in [0.2, 0.25) is 0 Å². The van der Waals surface area contributed by atoms with E-state index in [0.29, 0.717) is 6.61 Å². The molecule has 0 atom stereocenters. The van der Waals surface area contributed by atoms with Crippen LogP contribution in [0.5, 0.6) is 5.75 Å². The van der Waals surface area contributed by atoms with E-state index in [-0.39, 0.29) is 17.0 Å². The molecule has 0 radical (unpaired) electrons. The standard InChI is InChI=1S/C12H17FN2O2/c1-2-3-4-5-17-11-6-8(12(15)16)10(14)7-9(11)13/h6-7H,2-5,14H2,1H3,(H2,15,16). The molecule has 0 unspecified atom stereocenters. The van der Waals surface area contributed by atoms with E-state index in [1.165, 1.54) is 6.07 Å². The predicted octanol–water partition coefficient (Wildman–Crippen LogP) is 2.08. The van der Waals surface area contributed by atoms with Crippen LogP contribution in [0.4, 0.5) is 10.1 Å². The van der Waals surface area contributed by atoms with Crippen molar-refractivity contribution in [3.05, 3.63) is 23.5 Å². The molecule has 17 heavy (non-hydrogen) atoms. The van der Waals surface area contributed by atoms with Gasteiger partial charge in [0.1, 0.15) is 0 Å². The maximum atomic E-state index is 13.4. The van der Waals surface area contributed by atoms with E-state index in [1.807, 2.05) is 0 Å². The zero-order chi connectivity index (χ0) is 12.8. The number of benzene rings is 1. The van der Waals surface area contributed by atoms with Crippen LogP contribution in [0, 0.1) is 5.82 Å². The third kappa shape index (κ3) is 3.62. The van der Waals surface area contributed by atoms with Crippen molar-refractivity contribution in [3.8, 4) is 5.75 Å². The average Bonchev–Trinajstić information content (AvgIpc) is 2.26. The Kier molecular flexibility index (Phi) is 4.75. The number of hydrogen-bond donors (Lipinski definition) is 2. The molecule has 1 aromatic carbocycles. The Morgan fingerprint density at radius 2 is 2.12 bits per heavy atom. The molecule has 0 spiro atoms. The second-order valence-corrected chi connectivity index (χ2v) is 3.79. The van der Waals surface area contributed by atoms with Crippen molar-refractivity contribution >= 4 is 11.6 Å². The normalized spacial score (nSPS) is 10.2. The van der Waals surface area contributed by atoms with Crippen LogP contribution in [0.1, 0.15) is 36.5 Å². The number of amides is 1. The maximum Gasteiger partial charge on any atom is 0.250 e. The van der Waals surface area contributed by atoms with Crippen LogP contribution in [0.2, 0.25) is 0 Å². The highest BCUT2D eigenvalue weighted by molar-refractivity contribution is 5.98. The fraction of sp³-hybridized carbons (Fsp3) is 0.417. The van der Waals surface area contributed by atoms with Crippen LogP contribution in [0.15, 0.2) is 12.1 Å². The van der Waals surface area contributed by atoms with Crippen molar-refractivity contribution < 1.29 is 13.9 Å². The zero-order valence-corrected chi connectivity index (χ0v) is 9.83. The SMILES string of the molecule is CCCCCOc1cc(C(N)=O)c(N)cc1F. The highest BCUT2D eigenvalue weighted by Crippen LogP contribution is 2.24. The predicted molar refractivity (Wildman–Crippen MR) is 64.4 cm³/mol. The van der Waals surface area contributed by atoms with Gasteiger partial charge in [-0.1, -0.05) is 19.8 Å². The van der Waals surface area contributed by atoms with Gasteiger partial charge in [0.15, 0.2) is 11.6 Å². The molecule has 4 nitrogen and oxygen atoms in total. The van der Waals surface area contributed by atoms with Gasteiger partial charge in [-0.05, 0) is 12.5 Å². The molecule has 94 valence electrons. The first-order chi connectivity index (χ1) is 8.06. The molecule has 0 saturated carbocycles. The number of nitrogens with two attached hydrogens (primary N) is 2. The summed E-state index contributed by atoms with van der Waals surface area (Å²) in [7, 11) is 0. The molecule has 0 heterocycles. The first kappa shape index (κ1) is 13.3. The van der Waals surface area contributed by atoms with Crippen molar-refractivity contribution in [1.29, 1.82) is 0 Å². The van der Waals surface area contributed by atoms with Gasteiger partial charge >= 0.3 is 0 Å². The molecule has 1 aromatic rings. The summed E-state index contributed by atoms with van der Waals surface area (Å²) in [5, 5.41) is 0. The largest absolute Gasteiger partial charge is 0.490 e. The molecule has 1 rings (SSSR count). The Balaban J connectivity index is 2.77. The highest BCUT2D eigenvalue weighted by atomic mass is 19.1. The van der Waals surface area contributed by atoms with E-state index in [1.54, 1.807) is 0 Å². The summed E-state index contributed by atoms with van der Waals surface area (Å²) in [5.41, 5.74) is 10.7. The summed E-state index contributed by atoms with van der Waals surface area (Å²) in [5.74, 6) is -1.26. The Labute approximate surface area is 99.7 Å². The molecule has 0 aliphatic rings. The fourth-order valence-electron chi connectivity index (χ4n) is 1.43. The number of rotatable bonds is 6. The van der Waals surface area contributed by atoms with Crippen LogP contribution in [0.25, 0.3) is 0 Å². The Hall–Kier alpha value is -1.78. The van der Waals surface area contributed by atoms with E-state index in [9.17, 15) is 9.18 Å². The van der Waals surface area contributed by atoms with Gasteiger partial charge in [0.25, 0.3) is 5.91 Å². The lowest BCUT2D eigenvalue weighted by Crippen LogP contribution is -2.14. The lowest BCUT2D eigenvalue weighted by Gasteiger charge is -2.09. The van der Waals surface area contributed by atoms with Gasteiger partial charge in [0.05, 0.1) is 12.2 Å². The highest BCUT2D eigenvalue weighted by Gasteiger charge is 2.12. The van der Waals surface area contributed by atoms with E-state index in [2.05, 4.69) is 6.92 Å². The Bertz CT molecular complexity index is 408. The van der Waals surface area contributed by atoms with Crippen LogP contribution >= 0.6 is 0 Å². The molecular formula is C12H17FN2O2. The van der Waals surface area contributed by atoms with Crippen LogP contribution < -0.4 is 16.2 Å². The van der Waals surface area contributed by atoms with Gasteiger partial charge in [0, 0.05) is 11.8 Å². The maximum absolute atomic E-state index is 13.4. The number of primary amides is 1. The number of ether oxygens (including phenoxy) is 1. The van der Waals surface area contributed by atoms with E-state index in [4.69, 9.17) is 16.2 Å². The number of nitrogen functional groups attached to an aromatic ring is 1. The van der Waals surface area contributed by atoms with Crippen LogP contribution in [-0.4, -0.2) is 12.5 Å². The minimum atomic E-state index is -0.694. The van der Waals surface area contributed by atoms with Crippen molar-refractivity contribution in [2.24, 2.45) is 5.73 Å². The van der Waals surface area contributed by atoms with Gasteiger partial charge in [-0.25, -0.2) is 4.39 Å². The Morgan fingerprint density at radius 3 is 2.71 bits per heavy atom. The molecule has 0 saturated heterocycles. The van der Waals surface area contributed by atoms with Gasteiger partial charge in [-0.2, -0.15) is 0 Å². The van der Waals surface area contributed by atoms with E-state index >= 15 is 0 Å². The summed E-state index contributed by atoms with van der Waals surface area (Å²) in [6.45, 7) is 2.47. The molecule has 1 amide bonds. The van der Waals surface area contributed by atoms with Crippen molar-refractivity contribution in [3.63, 3.8) is 0 Å². The number of carbonyl (C=O) groups is 1. The topological polar surface area (TPSA) is 78.3 Å². The number of halogens is 1. The number of carbonyl (C=O) groups excluding carboxylic acids is 1. The second kappa shape index (κ2) is 6.08. The Morgan fingerprint density at radius 1 is 1.41 bits per heavy atom. The second-order valence-electron chi connectivity index (χ2n) is 3.79. The monoisotopic (exact) mass is 240 g/mol. The average molecular weight is 240 g/mol. The third-order valence-electron chi connectivity index (χ3n) is 2.37. The van der Waals surface area contributed by atoms with Gasteiger partial charge in [-0.15, -0.1) is 0 Å². The van der Waals surface area contributed by atoms with E-state index < -0.39 is 11.7 Å². The zero-order valence-electron chi connectivity index (χ0n) is 9.83. The molecule has 5 heteroatoms. The first-order valence-electron chi connectivity index (χ1n) is 5.58. The number of unbranched alkanes of at least 4 members (excludes halogenated alkanes) is 2. The quantitative estimate of drug-likeness (QED) is 0.590. The van der Waals surface area contributed by atoms with Gasteiger partial charge < -0.3 is 16.2 Å². The lowest BCUT2D eigenvalue weighted by atomic mass is 10.1. The summed E-state index contributed by atoms with van der Waals surface area (Å²) in [4.78, 5) is 11.0.